The zero-order chi connectivity index (χ0) is 18.9. The van der Waals surface area contributed by atoms with Crippen LogP contribution in [0.3, 0.4) is 0 Å². The SMILES string of the molecule is O=C(O)OCCC(F)(F)C(F)(F)OC(F)(F)C(F)(F)C(F)(F)F. The molecule has 0 aromatic rings. The second-order valence-corrected chi connectivity index (χ2v) is 3.78. The van der Waals surface area contributed by atoms with E-state index in [1.165, 1.54) is 0 Å². The lowest BCUT2D eigenvalue weighted by Crippen LogP contribution is -2.58. The average molecular weight is 374 g/mol. The zero-order valence-electron chi connectivity index (χ0n) is 10.2. The molecule has 0 bridgehead atoms. The minimum Gasteiger partial charge on any atom is -0.450 e. The minimum atomic E-state index is -7.20. The van der Waals surface area contributed by atoms with Crippen LogP contribution in [0, 0.1) is 0 Å². The number of halogens is 11. The van der Waals surface area contributed by atoms with Crippen molar-refractivity contribution >= 4 is 6.16 Å². The predicted octanol–water partition coefficient (Wildman–Crippen LogP) is 4.11. The van der Waals surface area contributed by atoms with Crippen molar-refractivity contribution in [3.8, 4) is 0 Å². The summed E-state index contributed by atoms with van der Waals surface area (Å²) >= 11 is 0. The standard InChI is InChI=1S/C8H5F11O4/c9-4(10,1-2-22-3(20)21)7(16,17)23-8(18,19)5(11,12)6(13,14)15/h1-2H2,(H,20,21). The van der Waals surface area contributed by atoms with Crippen molar-refractivity contribution in [1.82, 2.24) is 0 Å². The van der Waals surface area contributed by atoms with Crippen molar-refractivity contribution in [3.63, 3.8) is 0 Å². The summed E-state index contributed by atoms with van der Waals surface area (Å²) in [7, 11) is 0. The monoisotopic (exact) mass is 374 g/mol. The largest absolute Gasteiger partial charge is 0.505 e. The highest BCUT2D eigenvalue weighted by molar-refractivity contribution is 5.56. The molecular formula is C8H5F11O4. The molecule has 138 valence electrons. The maximum absolute atomic E-state index is 12.9. The quantitative estimate of drug-likeness (QED) is 0.539. The summed E-state index contributed by atoms with van der Waals surface area (Å²) in [6, 6.07) is 0. The molecule has 0 aliphatic heterocycles. The fraction of sp³-hybridized carbons (Fsp3) is 0.875. The average Bonchev–Trinajstić information content (AvgIpc) is 2.24. The van der Waals surface area contributed by atoms with E-state index in [9.17, 15) is 53.1 Å². The molecule has 0 aromatic heterocycles. The molecule has 0 atom stereocenters. The van der Waals surface area contributed by atoms with E-state index >= 15 is 0 Å². The Labute approximate surface area is 118 Å². The first kappa shape index (κ1) is 21.5. The Kier molecular flexibility index (Phi) is 5.75. The maximum Gasteiger partial charge on any atom is 0.505 e. The molecule has 0 amide bonds. The van der Waals surface area contributed by atoms with E-state index in [1.807, 2.05) is 0 Å². The molecule has 0 heterocycles. The summed E-state index contributed by atoms with van der Waals surface area (Å²) in [5, 5.41) is 7.87. The van der Waals surface area contributed by atoms with Gasteiger partial charge in [-0.2, -0.15) is 48.3 Å². The van der Waals surface area contributed by atoms with Crippen molar-refractivity contribution in [2.75, 3.05) is 6.61 Å². The van der Waals surface area contributed by atoms with Crippen LogP contribution in [0.5, 0.6) is 0 Å². The van der Waals surface area contributed by atoms with Crippen LogP contribution >= 0.6 is 0 Å². The molecule has 0 saturated carbocycles. The molecule has 0 radical (unpaired) electrons. The Hall–Kier alpha value is -1.54. The lowest BCUT2D eigenvalue weighted by molar-refractivity contribution is -0.496. The molecule has 15 heteroatoms. The van der Waals surface area contributed by atoms with Crippen molar-refractivity contribution in [3.05, 3.63) is 0 Å². The first-order valence-electron chi connectivity index (χ1n) is 5.01. The lowest BCUT2D eigenvalue weighted by Gasteiger charge is -2.33. The van der Waals surface area contributed by atoms with Crippen LogP contribution in [-0.2, 0) is 9.47 Å². The van der Waals surface area contributed by atoms with E-state index in [0.717, 1.165) is 0 Å². The van der Waals surface area contributed by atoms with Gasteiger partial charge in [0.15, 0.2) is 0 Å². The van der Waals surface area contributed by atoms with E-state index < -0.39 is 49.4 Å². The number of carboxylic acid groups (broad SMARTS) is 1. The van der Waals surface area contributed by atoms with Crippen LogP contribution in [0.2, 0.25) is 0 Å². The van der Waals surface area contributed by atoms with Gasteiger partial charge in [0.05, 0.1) is 6.42 Å². The summed E-state index contributed by atoms with van der Waals surface area (Å²) in [5.41, 5.74) is 0. The Morgan fingerprint density at radius 1 is 0.826 bits per heavy atom. The highest BCUT2D eigenvalue weighted by atomic mass is 19.4. The van der Waals surface area contributed by atoms with Gasteiger partial charge in [0, 0.05) is 0 Å². The highest BCUT2D eigenvalue weighted by Gasteiger charge is 2.78. The predicted molar refractivity (Wildman–Crippen MR) is 45.5 cm³/mol. The number of carbonyl (C=O) groups is 1. The molecule has 0 aliphatic carbocycles. The molecule has 0 fully saturated rings. The number of hydrogen-bond donors (Lipinski definition) is 1. The molecule has 1 N–H and O–H groups in total. The second kappa shape index (κ2) is 6.16. The van der Waals surface area contributed by atoms with Gasteiger partial charge < -0.3 is 9.84 Å². The van der Waals surface area contributed by atoms with E-state index in [0.29, 0.717) is 0 Å². The molecule has 0 spiro atoms. The van der Waals surface area contributed by atoms with Gasteiger partial charge >= 0.3 is 36.4 Å². The highest BCUT2D eigenvalue weighted by Crippen LogP contribution is 2.51. The van der Waals surface area contributed by atoms with Crippen LogP contribution in [0.25, 0.3) is 0 Å². The fourth-order valence-corrected chi connectivity index (χ4v) is 0.877. The number of hydrogen-bond acceptors (Lipinski definition) is 3. The molecule has 0 unspecified atom stereocenters. The van der Waals surface area contributed by atoms with E-state index in [-0.39, 0.29) is 0 Å². The Bertz CT molecular complexity index is 430. The first-order valence-corrected chi connectivity index (χ1v) is 5.01. The normalized spacial score (nSPS) is 14.7. The van der Waals surface area contributed by atoms with Gasteiger partial charge in [-0.25, -0.2) is 9.53 Å². The first-order chi connectivity index (χ1) is 9.87. The molecule has 0 rings (SSSR count). The maximum atomic E-state index is 12.9. The van der Waals surface area contributed by atoms with Gasteiger partial charge in [0.2, 0.25) is 0 Å². The molecular weight excluding hydrogens is 369 g/mol. The lowest BCUT2D eigenvalue weighted by atomic mass is 10.2. The Morgan fingerprint density at radius 3 is 1.61 bits per heavy atom. The van der Waals surface area contributed by atoms with Crippen molar-refractivity contribution in [2.45, 2.75) is 36.7 Å². The van der Waals surface area contributed by atoms with Crippen molar-refractivity contribution in [1.29, 1.82) is 0 Å². The number of ether oxygens (including phenoxy) is 2. The number of alkyl halides is 11. The molecule has 0 aromatic carbocycles. The van der Waals surface area contributed by atoms with Gasteiger partial charge in [-0.3, -0.25) is 0 Å². The van der Waals surface area contributed by atoms with Gasteiger partial charge in [-0.15, -0.1) is 0 Å². The second-order valence-electron chi connectivity index (χ2n) is 3.78. The molecule has 23 heavy (non-hydrogen) atoms. The molecule has 0 saturated heterocycles. The molecule has 4 nitrogen and oxygen atoms in total. The van der Waals surface area contributed by atoms with Gasteiger partial charge in [0.1, 0.15) is 6.61 Å². The van der Waals surface area contributed by atoms with Gasteiger partial charge in [-0.1, -0.05) is 0 Å². The van der Waals surface area contributed by atoms with Crippen LogP contribution in [0.1, 0.15) is 6.42 Å². The molecule has 0 aliphatic rings. The van der Waals surface area contributed by atoms with Gasteiger partial charge in [-0.05, 0) is 0 Å². The van der Waals surface area contributed by atoms with Crippen LogP contribution < -0.4 is 0 Å². The number of rotatable bonds is 7. The minimum absolute atomic E-state index is 1.71. The summed E-state index contributed by atoms with van der Waals surface area (Å²) in [4.78, 5) is 9.78. The third-order valence-corrected chi connectivity index (χ3v) is 2.05. The van der Waals surface area contributed by atoms with Crippen molar-refractivity contribution in [2.24, 2.45) is 0 Å². The van der Waals surface area contributed by atoms with Crippen LogP contribution in [-0.4, -0.2) is 48.1 Å². The third kappa shape index (κ3) is 4.71. The fourth-order valence-electron chi connectivity index (χ4n) is 0.877. The van der Waals surface area contributed by atoms with Crippen LogP contribution in [0.4, 0.5) is 53.1 Å². The summed E-state index contributed by atoms with van der Waals surface area (Å²) in [6.07, 6.45) is -25.2. The Morgan fingerprint density at radius 2 is 1.26 bits per heavy atom. The third-order valence-electron chi connectivity index (χ3n) is 2.05. The van der Waals surface area contributed by atoms with Gasteiger partial charge in [0.25, 0.3) is 0 Å². The summed E-state index contributed by atoms with van der Waals surface area (Å²) < 4.78 is 141. The Balaban J connectivity index is 5.25. The smallest absolute Gasteiger partial charge is 0.450 e. The van der Waals surface area contributed by atoms with E-state index in [4.69, 9.17) is 5.11 Å². The summed E-state index contributed by atoms with van der Waals surface area (Å²) in [6.45, 7) is -1.71. The zero-order valence-corrected chi connectivity index (χ0v) is 10.2. The van der Waals surface area contributed by atoms with Crippen LogP contribution in [0.15, 0.2) is 0 Å². The van der Waals surface area contributed by atoms with Crippen molar-refractivity contribution < 1.29 is 67.7 Å². The summed E-state index contributed by atoms with van der Waals surface area (Å²) in [5.74, 6) is -12.9. The van der Waals surface area contributed by atoms with E-state index in [1.54, 1.807) is 4.74 Å². The topological polar surface area (TPSA) is 55.8 Å². The van der Waals surface area contributed by atoms with E-state index in [2.05, 4.69) is 4.74 Å².